The van der Waals surface area contributed by atoms with Gasteiger partial charge >= 0.3 is 0 Å². The lowest BCUT2D eigenvalue weighted by Gasteiger charge is -2.15. The average Bonchev–Trinajstić information content (AvgIpc) is 2.47. The van der Waals surface area contributed by atoms with Crippen LogP contribution < -0.4 is 0 Å². The van der Waals surface area contributed by atoms with Gasteiger partial charge in [-0.15, -0.1) is 0 Å². The number of rotatable bonds is 5. The van der Waals surface area contributed by atoms with Crippen molar-refractivity contribution in [2.75, 3.05) is 0 Å². The molecule has 0 saturated heterocycles. The number of carbonyl (C=O) groups excluding carboxylic acids is 1. The molecule has 0 amide bonds. The summed E-state index contributed by atoms with van der Waals surface area (Å²) in [5, 5.41) is 0. The van der Waals surface area contributed by atoms with Crippen LogP contribution in [0.25, 0.3) is 0 Å². The van der Waals surface area contributed by atoms with Crippen LogP contribution in [0.1, 0.15) is 52.4 Å². The quantitative estimate of drug-likeness (QED) is 0.481. The fraction of sp³-hybridized carbons (Fsp3) is 0.769. The van der Waals surface area contributed by atoms with Gasteiger partial charge in [0.1, 0.15) is 5.78 Å². The molecule has 0 radical (unpaired) electrons. The molecule has 1 heteroatoms. The van der Waals surface area contributed by atoms with Gasteiger partial charge in [0.25, 0.3) is 0 Å². The first-order valence-electron chi connectivity index (χ1n) is 5.82. The molecule has 0 unspecified atom stereocenters. The Kier molecular flexibility index (Phi) is 4.37. The molecule has 1 rings (SSSR count). The monoisotopic (exact) mass is 194 g/mol. The molecule has 0 heterocycles. The third-order valence-electron chi connectivity index (χ3n) is 3.33. The van der Waals surface area contributed by atoms with Crippen molar-refractivity contribution in [3.8, 4) is 0 Å². The minimum atomic E-state index is 0.291. The Balaban J connectivity index is 2.41. The van der Waals surface area contributed by atoms with E-state index in [0.717, 1.165) is 12.8 Å². The standard InChI is InChI=1S/C13H22O/c1-4-5-6-7-12-8-10(2)9-13(12)11(3)14/h12-13H,2,4-9H2,1,3H3/t12-,13+/m0/s1. The highest BCUT2D eigenvalue weighted by molar-refractivity contribution is 5.79. The molecule has 1 fully saturated rings. The van der Waals surface area contributed by atoms with E-state index in [1.807, 2.05) is 0 Å². The van der Waals surface area contributed by atoms with Gasteiger partial charge in [-0.3, -0.25) is 4.79 Å². The van der Waals surface area contributed by atoms with E-state index < -0.39 is 0 Å². The fourth-order valence-electron chi connectivity index (χ4n) is 2.51. The van der Waals surface area contributed by atoms with Crippen LogP contribution in [0.15, 0.2) is 12.2 Å². The average molecular weight is 194 g/mol. The zero-order chi connectivity index (χ0) is 10.6. The summed E-state index contributed by atoms with van der Waals surface area (Å²) < 4.78 is 0. The lowest BCUT2D eigenvalue weighted by atomic mass is 9.88. The largest absolute Gasteiger partial charge is 0.300 e. The lowest BCUT2D eigenvalue weighted by molar-refractivity contribution is -0.121. The highest BCUT2D eigenvalue weighted by Gasteiger charge is 2.31. The zero-order valence-electron chi connectivity index (χ0n) is 9.51. The molecule has 0 N–H and O–H groups in total. The highest BCUT2D eigenvalue weighted by atomic mass is 16.1. The summed E-state index contributed by atoms with van der Waals surface area (Å²) in [5.74, 6) is 1.26. The van der Waals surface area contributed by atoms with E-state index in [4.69, 9.17) is 0 Å². The number of allylic oxidation sites excluding steroid dienone is 1. The molecule has 0 spiro atoms. The maximum absolute atomic E-state index is 11.4. The minimum Gasteiger partial charge on any atom is -0.300 e. The number of hydrogen-bond acceptors (Lipinski definition) is 1. The Labute approximate surface area is 87.6 Å². The molecule has 1 nitrogen and oxygen atoms in total. The Morgan fingerprint density at radius 2 is 2.14 bits per heavy atom. The van der Waals surface area contributed by atoms with Gasteiger partial charge in [-0.05, 0) is 32.1 Å². The second-order valence-electron chi connectivity index (χ2n) is 4.63. The van der Waals surface area contributed by atoms with Crippen molar-refractivity contribution < 1.29 is 4.79 Å². The van der Waals surface area contributed by atoms with Crippen molar-refractivity contribution in [2.24, 2.45) is 11.8 Å². The molecule has 0 aromatic rings. The molecule has 0 aliphatic heterocycles. The van der Waals surface area contributed by atoms with Gasteiger partial charge in [0.05, 0.1) is 0 Å². The van der Waals surface area contributed by atoms with Crippen LogP contribution in [0, 0.1) is 11.8 Å². The van der Waals surface area contributed by atoms with Crippen LogP contribution in [-0.2, 0) is 4.79 Å². The molecule has 0 aromatic carbocycles. The molecule has 0 bridgehead atoms. The molecular formula is C13H22O. The maximum Gasteiger partial charge on any atom is 0.133 e. The third-order valence-corrected chi connectivity index (χ3v) is 3.33. The van der Waals surface area contributed by atoms with Crippen molar-refractivity contribution in [3.63, 3.8) is 0 Å². The minimum absolute atomic E-state index is 0.291. The van der Waals surface area contributed by atoms with Crippen LogP contribution in [-0.4, -0.2) is 5.78 Å². The Bertz CT molecular complexity index is 217. The zero-order valence-corrected chi connectivity index (χ0v) is 9.51. The predicted molar refractivity (Wildman–Crippen MR) is 60.2 cm³/mol. The first kappa shape index (κ1) is 11.5. The summed E-state index contributed by atoms with van der Waals surface area (Å²) in [5.41, 5.74) is 1.28. The van der Waals surface area contributed by atoms with E-state index >= 15 is 0 Å². The van der Waals surface area contributed by atoms with Gasteiger partial charge in [0.2, 0.25) is 0 Å². The van der Waals surface area contributed by atoms with Crippen molar-refractivity contribution in [2.45, 2.75) is 52.4 Å². The lowest BCUT2D eigenvalue weighted by Crippen LogP contribution is -2.15. The van der Waals surface area contributed by atoms with Crippen LogP contribution in [0.4, 0.5) is 0 Å². The molecule has 1 saturated carbocycles. The Hall–Kier alpha value is -0.590. The first-order chi connectivity index (χ1) is 6.65. The van der Waals surface area contributed by atoms with Gasteiger partial charge in [-0.1, -0.05) is 38.3 Å². The topological polar surface area (TPSA) is 17.1 Å². The van der Waals surface area contributed by atoms with E-state index in [-0.39, 0.29) is 0 Å². The van der Waals surface area contributed by atoms with Gasteiger partial charge in [-0.2, -0.15) is 0 Å². The molecule has 0 aromatic heterocycles. The molecule has 2 atom stereocenters. The first-order valence-corrected chi connectivity index (χ1v) is 5.82. The molecular weight excluding hydrogens is 172 g/mol. The normalized spacial score (nSPS) is 26.9. The van der Waals surface area contributed by atoms with Gasteiger partial charge in [0, 0.05) is 5.92 Å². The van der Waals surface area contributed by atoms with Gasteiger partial charge < -0.3 is 0 Å². The van der Waals surface area contributed by atoms with Gasteiger partial charge in [0.15, 0.2) is 0 Å². The number of ketones is 1. The van der Waals surface area contributed by atoms with E-state index in [1.54, 1.807) is 6.92 Å². The summed E-state index contributed by atoms with van der Waals surface area (Å²) in [6.45, 7) is 7.96. The van der Waals surface area contributed by atoms with Crippen LogP contribution in [0.5, 0.6) is 0 Å². The van der Waals surface area contributed by atoms with Crippen LogP contribution in [0.2, 0.25) is 0 Å². The smallest absolute Gasteiger partial charge is 0.133 e. The summed E-state index contributed by atoms with van der Waals surface area (Å²) in [7, 11) is 0. The highest BCUT2D eigenvalue weighted by Crippen LogP contribution is 2.38. The molecule has 1 aliphatic carbocycles. The van der Waals surface area contributed by atoms with Crippen molar-refractivity contribution in [1.29, 1.82) is 0 Å². The van der Waals surface area contributed by atoms with Gasteiger partial charge in [-0.25, -0.2) is 0 Å². The number of unbranched alkanes of at least 4 members (excludes halogenated alkanes) is 2. The van der Waals surface area contributed by atoms with Crippen molar-refractivity contribution in [1.82, 2.24) is 0 Å². The predicted octanol–water partition coefficient (Wildman–Crippen LogP) is 3.74. The Morgan fingerprint density at radius 3 is 2.71 bits per heavy atom. The SMILES string of the molecule is C=C1C[C@H](CCCCC)[C@@H](C(C)=O)C1. The summed E-state index contributed by atoms with van der Waals surface area (Å²) >= 11 is 0. The summed E-state index contributed by atoms with van der Waals surface area (Å²) in [4.78, 5) is 11.4. The Morgan fingerprint density at radius 1 is 1.43 bits per heavy atom. The maximum atomic E-state index is 11.4. The van der Waals surface area contributed by atoms with Crippen LogP contribution >= 0.6 is 0 Å². The molecule has 80 valence electrons. The second-order valence-corrected chi connectivity index (χ2v) is 4.63. The summed E-state index contributed by atoms with van der Waals surface area (Å²) in [6, 6.07) is 0. The van der Waals surface area contributed by atoms with E-state index in [0.29, 0.717) is 17.6 Å². The molecule has 14 heavy (non-hydrogen) atoms. The number of carbonyl (C=O) groups is 1. The number of hydrogen-bond donors (Lipinski definition) is 0. The van der Waals surface area contributed by atoms with E-state index in [2.05, 4.69) is 13.5 Å². The second kappa shape index (κ2) is 5.33. The summed E-state index contributed by atoms with van der Waals surface area (Å²) in [6.07, 6.45) is 7.10. The fourth-order valence-corrected chi connectivity index (χ4v) is 2.51. The van der Waals surface area contributed by atoms with Crippen molar-refractivity contribution >= 4 is 5.78 Å². The third kappa shape index (κ3) is 2.97. The van der Waals surface area contributed by atoms with E-state index in [9.17, 15) is 4.79 Å². The molecule has 1 aliphatic rings. The van der Waals surface area contributed by atoms with Crippen molar-refractivity contribution in [3.05, 3.63) is 12.2 Å². The van der Waals surface area contributed by atoms with E-state index in [1.165, 1.54) is 31.3 Å². The number of Topliss-reactive ketones (excluding diaryl/α,β-unsaturated/α-hetero) is 1. The van der Waals surface area contributed by atoms with Crippen LogP contribution in [0.3, 0.4) is 0 Å².